The van der Waals surface area contributed by atoms with Crippen molar-refractivity contribution in [3.05, 3.63) is 18.1 Å². The highest BCUT2D eigenvalue weighted by atomic mass is 16.5. The van der Waals surface area contributed by atoms with Gasteiger partial charge in [-0.1, -0.05) is 0 Å². The molecule has 1 heterocycles. The molecule has 17 heavy (non-hydrogen) atoms. The van der Waals surface area contributed by atoms with Crippen LogP contribution in [0.25, 0.3) is 0 Å². The fourth-order valence-corrected chi connectivity index (χ4v) is 1.02. The van der Waals surface area contributed by atoms with Crippen LogP contribution in [-0.4, -0.2) is 40.4 Å². The summed E-state index contributed by atoms with van der Waals surface area (Å²) in [5, 5.41) is 8.72. The standard InChI is InChI=1S/C11H16N2O4/c1-11(2,16-3)4-5-17-9-7-12-6-8(13-9)10(14)15/h6-7H,4-5H2,1-3H3,(H,14,15). The van der Waals surface area contributed by atoms with Crippen molar-refractivity contribution in [2.75, 3.05) is 13.7 Å². The second-order valence-electron chi connectivity index (χ2n) is 4.11. The van der Waals surface area contributed by atoms with E-state index in [1.54, 1.807) is 7.11 Å². The van der Waals surface area contributed by atoms with Gasteiger partial charge in [0.15, 0.2) is 5.69 Å². The van der Waals surface area contributed by atoms with Gasteiger partial charge in [-0.3, -0.25) is 4.98 Å². The number of nitrogens with zero attached hydrogens (tertiary/aromatic N) is 2. The van der Waals surface area contributed by atoms with Crippen LogP contribution in [0, 0.1) is 0 Å². The van der Waals surface area contributed by atoms with E-state index in [1.165, 1.54) is 12.4 Å². The van der Waals surface area contributed by atoms with Crippen LogP contribution in [0.4, 0.5) is 0 Å². The Hall–Kier alpha value is -1.69. The van der Waals surface area contributed by atoms with E-state index in [9.17, 15) is 4.79 Å². The summed E-state index contributed by atoms with van der Waals surface area (Å²) in [6.07, 6.45) is 3.23. The van der Waals surface area contributed by atoms with E-state index in [1.807, 2.05) is 13.8 Å². The van der Waals surface area contributed by atoms with Gasteiger partial charge in [-0.05, 0) is 13.8 Å². The molecular formula is C11H16N2O4. The zero-order valence-corrected chi connectivity index (χ0v) is 10.1. The van der Waals surface area contributed by atoms with Crippen LogP contribution in [0.3, 0.4) is 0 Å². The molecule has 1 aromatic heterocycles. The fourth-order valence-electron chi connectivity index (χ4n) is 1.02. The molecule has 0 radical (unpaired) electrons. The van der Waals surface area contributed by atoms with Gasteiger partial charge in [0.1, 0.15) is 0 Å². The molecule has 0 unspecified atom stereocenters. The number of carboxylic acids is 1. The Balaban J connectivity index is 2.52. The van der Waals surface area contributed by atoms with E-state index in [0.717, 1.165) is 0 Å². The molecule has 0 saturated carbocycles. The van der Waals surface area contributed by atoms with Crippen LogP contribution in [-0.2, 0) is 4.74 Å². The molecule has 6 heteroatoms. The molecular weight excluding hydrogens is 224 g/mol. The molecule has 0 aromatic carbocycles. The first-order valence-electron chi connectivity index (χ1n) is 5.18. The SMILES string of the molecule is COC(C)(C)CCOc1cncc(C(=O)O)n1. The summed E-state index contributed by atoms with van der Waals surface area (Å²) in [6, 6.07) is 0. The zero-order chi connectivity index (χ0) is 12.9. The lowest BCUT2D eigenvalue weighted by atomic mass is 10.1. The van der Waals surface area contributed by atoms with Crippen LogP contribution in [0.15, 0.2) is 12.4 Å². The fraction of sp³-hybridized carbons (Fsp3) is 0.545. The van der Waals surface area contributed by atoms with Gasteiger partial charge in [0.25, 0.3) is 0 Å². The Morgan fingerprint density at radius 1 is 1.47 bits per heavy atom. The molecule has 6 nitrogen and oxygen atoms in total. The van der Waals surface area contributed by atoms with E-state index in [0.29, 0.717) is 13.0 Å². The lowest BCUT2D eigenvalue weighted by molar-refractivity contribution is 0.00499. The Morgan fingerprint density at radius 2 is 2.18 bits per heavy atom. The van der Waals surface area contributed by atoms with Gasteiger partial charge >= 0.3 is 5.97 Å². The van der Waals surface area contributed by atoms with Crippen LogP contribution < -0.4 is 4.74 Å². The Bertz CT molecular complexity index is 393. The number of hydrogen-bond donors (Lipinski definition) is 1. The van der Waals surface area contributed by atoms with Crippen LogP contribution in [0.5, 0.6) is 5.88 Å². The Kier molecular flexibility index (Phi) is 4.39. The Morgan fingerprint density at radius 3 is 2.76 bits per heavy atom. The highest BCUT2D eigenvalue weighted by Gasteiger charge is 2.16. The second-order valence-corrected chi connectivity index (χ2v) is 4.11. The van der Waals surface area contributed by atoms with E-state index in [4.69, 9.17) is 14.6 Å². The number of carbonyl (C=O) groups is 1. The number of rotatable bonds is 6. The second kappa shape index (κ2) is 5.58. The summed E-state index contributed by atoms with van der Waals surface area (Å²) in [6.45, 7) is 4.27. The van der Waals surface area contributed by atoms with Gasteiger partial charge in [0.05, 0.1) is 24.6 Å². The molecule has 0 saturated heterocycles. The molecule has 0 spiro atoms. The van der Waals surface area contributed by atoms with Crippen LogP contribution in [0.2, 0.25) is 0 Å². The van der Waals surface area contributed by atoms with Crippen molar-refractivity contribution in [1.29, 1.82) is 0 Å². The number of ether oxygens (including phenoxy) is 2. The maximum Gasteiger partial charge on any atom is 0.356 e. The van der Waals surface area contributed by atoms with Crippen molar-refractivity contribution in [2.24, 2.45) is 0 Å². The normalized spacial score (nSPS) is 11.2. The largest absolute Gasteiger partial charge is 0.476 e. The molecule has 1 rings (SSSR count). The number of aromatic nitrogens is 2. The van der Waals surface area contributed by atoms with Gasteiger partial charge < -0.3 is 14.6 Å². The average molecular weight is 240 g/mol. The first-order valence-corrected chi connectivity index (χ1v) is 5.18. The van der Waals surface area contributed by atoms with Gasteiger partial charge in [0.2, 0.25) is 5.88 Å². The predicted octanol–water partition coefficient (Wildman–Crippen LogP) is 1.37. The number of carboxylic acid groups (broad SMARTS) is 1. The third-order valence-electron chi connectivity index (χ3n) is 2.34. The number of hydrogen-bond acceptors (Lipinski definition) is 5. The minimum Gasteiger partial charge on any atom is -0.476 e. The van der Waals surface area contributed by atoms with Crippen molar-refractivity contribution >= 4 is 5.97 Å². The number of methoxy groups -OCH3 is 1. The van der Waals surface area contributed by atoms with Crippen molar-refractivity contribution < 1.29 is 19.4 Å². The van der Waals surface area contributed by atoms with Gasteiger partial charge in [-0.25, -0.2) is 9.78 Å². The van der Waals surface area contributed by atoms with E-state index in [2.05, 4.69) is 9.97 Å². The minimum atomic E-state index is -1.12. The molecule has 0 fully saturated rings. The molecule has 1 N–H and O–H groups in total. The Labute approximate surface area is 99.6 Å². The van der Waals surface area contributed by atoms with Gasteiger partial charge in [-0.15, -0.1) is 0 Å². The first-order chi connectivity index (χ1) is 7.94. The van der Waals surface area contributed by atoms with Crippen molar-refractivity contribution in [3.63, 3.8) is 0 Å². The highest BCUT2D eigenvalue weighted by molar-refractivity contribution is 5.84. The topological polar surface area (TPSA) is 81.5 Å². The van der Waals surface area contributed by atoms with E-state index < -0.39 is 5.97 Å². The minimum absolute atomic E-state index is 0.131. The molecule has 0 aliphatic carbocycles. The average Bonchev–Trinajstić information content (AvgIpc) is 2.29. The molecule has 0 bridgehead atoms. The first kappa shape index (κ1) is 13.4. The molecule has 0 aliphatic rings. The molecule has 0 atom stereocenters. The maximum absolute atomic E-state index is 10.7. The predicted molar refractivity (Wildman–Crippen MR) is 60.2 cm³/mol. The maximum atomic E-state index is 10.7. The molecule has 0 amide bonds. The summed E-state index contributed by atoms with van der Waals surface area (Å²) in [7, 11) is 1.63. The van der Waals surface area contributed by atoms with Crippen molar-refractivity contribution in [2.45, 2.75) is 25.9 Å². The molecule has 94 valence electrons. The van der Waals surface area contributed by atoms with Crippen LogP contribution >= 0.6 is 0 Å². The van der Waals surface area contributed by atoms with Gasteiger partial charge in [-0.2, -0.15) is 0 Å². The summed E-state index contributed by atoms with van der Waals surface area (Å²) in [4.78, 5) is 18.2. The lowest BCUT2D eigenvalue weighted by Gasteiger charge is -2.22. The summed E-state index contributed by atoms with van der Waals surface area (Å²) >= 11 is 0. The third kappa shape index (κ3) is 4.36. The quantitative estimate of drug-likeness (QED) is 0.808. The number of aromatic carboxylic acids is 1. The lowest BCUT2D eigenvalue weighted by Crippen LogP contribution is -2.25. The highest BCUT2D eigenvalue weighted by Crippen LogP contribution is 2.14. The van der Waals surface area contributed by atoms with Crippen molar-refractivity contribution in [1.82, 2.24) is 9.97 Å². The summed E-state index contributed by atoms with van der Waals surface area (Å²) in [5.41, 5.74) is -0.411. The van der Waals surface area contributed by atoms with Crippen LogP contribution in [0.1, 0.15) is 30.8 Å². The molecule has 1 aromatic rings. The summed E-state index contributed by atoms with van der Waals surface area (Å²) in [5.74, 6) is -0.919. The van der Waals surface area contributed by atoms with E-state index >= 15 is 0 Å². The van der Waals surface area contributed by atoms with Gasteiger partial charge in [0, 0.05) is 13.5 Å². The smallest absolute Gasteiger partial charge is 0.356 e. The monoisotopic (exact) mass is 240 g/mol. The van der Waals surface area contributed by atoms with Crippen molar-refractivity contribution in [3.8, 4) is 5.88 Å². The third-order valence-corrected chi connectivity index (χ3v) is 2.34. The van der Waals surface area contributed by atoms with E-state index in [-0.39, 0.29) is 17.2 Å². The molecule has 0 aliphatic heterocycles. The summed E-state index contributed by atoms with van der Waals surface area (Å²) < 4.78 is 10.5. The zero-order valence-electron chi connectivity index (χ0n) is 10.1.